The Morgan fingerprint density at radius 3 is 2.59 bits per heavy atom. The Balaban J connectivity index is 2.20. The van der Waals surface area contributed by atoms with Gasteiger partial charge in [0, 0.05) is 19.2 Å². The second-order valence-corrected chi connectivity index (χ2v) is 7.07. The van der Waals surface area contributed by atoms with Gasteiger partial charge in [0.15, 0.2) is 0 Å². The molecule has 0 saturated carbocycles. The Bertz CT molecular complexity index is 1020. The lowest BCUT2D eigenvalue weighted by Gasteiger charge is -2.25. The van der Waals surface area contributed by atoms with Crippen LogP contribution in [0.3, 0.4) is 0 Å². The Kier molecular flexibility index (Phi) is 5.91. The average molecular weight is 420 g/mol. The summed E-state index contributed by atoms with van der Waals surface area (Å²) in [6, 6.07) is 7.26. The van der Waals surface area contributed by atoms with E-state index in [9.17, 15) is 24.2 Å². The lowest BCUT2D eigenvalue weighted by molar-refractivity contribution is -0.140. The number of amides is 1. The van der Waals surface area contributed by atoms with Gasteiger partial charge < -0.3 is 19.8 Å². The van der Waals surface area contributed by atoms with Gasteiger partial charge >= 0.3 is 0 Å². The van der Waals surface area contributed by atoms with Crippen molar-refractivity contribution in [3.05, 3.63) is 69.5 Å². The molecular formula is C21H19ClFNO5. The molecule has 1 unspecified atom stereocenters. The van der Waals surface area contributed by atoms with E-state index < -0.39 is 29.3 Å². The van der Waals surface area contributed by atoms with Crippen molar-refractivity contribution in [1.29, 1.82) is 0 Å². The minimum Gasteiger partial charge on any atom is -0.507 e. The van der Waals surface area contributed by atoms with Gasteiger partial charge in [-0.15, -0.1) is 0 Å². The van der Waals surface area contributed by atoms with Gasteiger partial charge in [-0.1, -0.05) is 17.7 Å². The van der Waals surface area contributed by atoms with E-state index in [1.165, 1.54) is 55.3 Å². The van der Waals surface area contributed by atoms with Crippen LogP contribution in [0.1, 0.15) is 22.7 Å². The maximum atomic E-state index is 13.6. The fraction of sp³-hybridized carbons (Fsp3) is 0.238. The number of methoxy groups -OCH3 is 1. The number of likely N-dealkylation sites (tertiary alicyclic amines) is 1. The third kappa shape index (κ3) is 3.83. The number of Topliss-reactive ketones (excluding diaryl/α,β-unsaturated/α-hetero) is 1. The third-order valence-corrected chi connectivity index (χ3v) is 5.10. The fourth-order valence-electron chi connectivity index (χ4n) is 3.29. The first-order valence-corrected chi connectivity index (χ1v) is 9.16. The largest absolute Gasteiger partial charge is 0.507 e. The van der Waals surface area contributed by atoms with Gasteiger partial charge in [0.25, 0.3) is 11.7 Å². The smallest absolute Gasteiger partial charge is 0.295 e. The molecule has 0 radical (unpaired) electrons. The summed E-state index contributed by atoms with van der Waals surface area (Å²) >= 11 is 6.02. The lowest BCUT2D eigenvalue weighted by atomic mass is 9.94. The molecule has 1 heterocycles. The van der Waals surface area contributed by atoms with Crippen LogP contribution in [0, 0.1) is 12.7 Å². The van der Waals surface area contributed by atoms with Crippen LogP contribution >= 0.6 is 11.6 Å². The minimum atomic E-state index is -0.936. The van der Waals surface area contributed by atoms with Gasteiger partial charge in [0.2, 0.25) is 0 Å². The van der Waals surface area contributed by atoms with Crippen LogP contribution < -0.4 is 0 Å². The van der Waals surface area contributed by atoms with Gasteiger partial charge in [-0.05, 0) is 48.4 Å². The van der Waals surface area contributed by atoms with Crippen molar-refractivity contribution >= 4 is 29.1 Å². The highest BCUT2D eigenvalue weighted by atomic mass is 35.5. The molecule has 0 aromatic heterocycles. The quantitative estimate of drug-likeness (QED) is 0.439. The van der Waals surface area contributed by atoms with Crippen LogP contribution in [-0.4, -0.2) is 47.1 Å². The molecule has 0 spiro atoms. The van der Waals surface area contributed by atoms with Gasteiger partial charge in [-0.3, -0.25) is 9.59 Å². The Morgan fingerprint density at radius 2 is 1.97 bits per heavy atom. The van der Waals surface area contributed by atoms with E-state index in [0.717, 1.165) is 0 Å². The predicted molar refractivity (Wildman–Crippen MR) is 105 cm³/mol. The van der Waals surface area contributed by atoms with Crippen LogP contribution in [0.2, 0.25) is 5.02 Å². The molecule has 8 heteroatoms. The highest BCUT2D eigenvalue weighted by molar-refractivity contribution is 6.46. The van der Waals surface area contributed by atoms with Crippen LogP contribution in [0.4, 0.5) is 4.39 Å². The van der Waals surface area contributed by atoms with Gasteiger partial charge in [-0.2, -0.15) is 0 Å². The maximum absolute atomic E-state index is 13.6. The molecule has 0 aliphatic carbocycles. The summed E-state index contributed by atoms with van der Waals surface area (Å²) in [5.74, 6) is -2.69. The number of rotatable bonds is 5. The first-order valence-electron chi connectivity index (χ1n) is 8.78. The molecule has 1 atom stereocenters. The number of aliphatic hydroxyl groups is 1. The zero-order valence-electron chi connectivity index (χ0n) is 15.8. The van der Waals surface area contributed by atoms with Crippen molar-refractivity contribution in [3.8, 4) is 5.75 Å². The van der Waals surface area contributed by atoms with E-state index in [1.807, 2.05) is 0 Å². The average Bonchev–Trinajstić information content (AvgIpc) is 2.94. The molecule has 1 fully saturated rings. The Labute approximate surface area is 171 Å². The lowest BCUT2D eigenvalue weighted by Crippen LogP contribution is -2.32. The summed E-state index contributed by atoms with van der Waals surface area (Å²) in [5.41, 5.74) is 0.790. The molecule has 6 nitrogen and oxygen atoms in total. The maximum Gasteiger partial charge on any atom is 0.295 e. The van der Waals surface area contributed by atoms with E-state index in [2.05, 4.69) is 0 Å². The number of aliphatic hydroxyl groups excluding tert-OH is 1. The zero-order valence-corrected chi connectivity index (χ0v) is 16.5. The highest BCUT2D eigenvalue weighted by Gasteiger charge is 2.46. The summed E-state index contributed by atoms with van der Waals surface area (Å²) in [7, 11) is 1.46. The molecule has 1 saturated heterocycles. The number of nitrogens with zero attached hydrogens (tertiary/aromatic N) is 1. The van der Waals surface area contributed by atoms with E-state index in [-0.39, 0.29) is 40.6 Å². The summed E-state index contributed by atoms with van der Waals surface area (Å²) < 4.78 is 18.7. The number of hydrogen-bond acceptors (Lipinski definition) is 5. The van der Waals surface area contributed by atoms with Crippen LogP contribution in [0.15, 0.2) is 42.0 Å². The normalized spacial score (nSPS) is 18.5. The fourth-order valence-corrected chi connectivity index (χ4v) is 3.48. The topological polar surface area (TPSA) is 87.1 Å². The first-order chi connectivity index (χ1) is 13.8. The number of aromatic hydroxyl groups is 1. The number of benzene rings is 2. The van der Waals surface area contributed by atoms with Crippen molar-refractivity contribution in [1.82, 2.24) is 4.90 Å². The number of ether oxygens (including phenoxy) is 1. The van der Waals surface area contributed by atoms with Crippen molar-refractivity contribution in [2.75, 3.05) is 20.3 Å². The molecule has 0 bridgehead atoms. The van der Waals surface area contributed by atoms with Crippen molar-refractivity contribution in [3.63, 3.8) is 0 Å². The summed E-state index contributed by atoms with van der Waals surface area (Å²) in [6.07, 6.45) is 0. The van der Waals surface area contributed by atoms with Gasteiger partial charge in [-0.25, -0.2) is 4.39 Å². The van der Waals surface area contributed by atoms with Crippen molar-refractivity contribution < 1.29 is 28.9 Å². The molecule has 3 rings (SSSR count). The second-order valence-electron chi connectivity index (χ2n) is 6.66. The van der Waals surface area contributed by atoms with E-state index in [0.29, 0.717) is 5.56 Å². The van der Waals surface area contributed by atoms with Crippen LogP contribution in [0.25, 0.3) is 5.76 Å². The standard InChI is InChI=1S/C21H19ClFNO5/c1-11-9-13(3-5-15(11)23)19(26)17-18(12-4-6-16(25)14(22)10-12)24(7-8-29-2)21(28)20(17)27/h3-6,9-10,18,25-26H,7-8H2,1-2H3/b19-17-. The zero-order chi connectivity index (χ0) is 21.3. The van der Waals surface area contributed by atoms with Crippen molar-refractivity contribution in [2.24, 2.45) is 0 Å². The molecule has 152 valence electrons. The summed E-state index contributed by atoms with van der Waals surface area (Å²) in [6.45, 7) is 1.80. The molecule has 29 heavy (non-hydrogen) atoms. The first kappa shape index (κ1) is 20.8. The van der Waals surface area contributed by atoms with E-state index in [1.54, 1.807) is 0 Å². The summed E-state index contributed by atoms with van der Waals surface area (Å²) in [4.78, 5) is 26.7. The number of carbonyl (C=O) groups is 2. The Morgan fingerprint density at radius 1 is 1.24 bits per heavy atom. The predicted octanol–water partition coefficient (Wildman–Crippen LogP) is 3.56. The number of ketones is 1. The number of phenols is 1. The number of carbonyl (C=O) groups excluding carboxylic acids is 2. The van der Waals surface area contributed by atoms with Gasteiger partial charge in [0.1, 0.15) is 17.3 Å². The molecule has 2 N–H and O–H groups in total. The number of phenolic OH excluding ortho intramolecular Hbond substituents is 1. The van der Waals surface area contributed by atoms with Gasteiger partial charge in [0.05, 0.1) is 23.2 Å². The van der Waals surface area contributed by atoms with E-state index >= 15 is 0 Å². The highest BCUT2D eigenvalue weighted by Crippen LogP contribution is 2.41. The minimum absolute atomic E-state index is 0.0393. The van der Waals surface area contributed by atoms with Crippen molar-refractivity contribution in [2.45, 2.75) is 13.0 Å². The van der Waals surface area contributed by atoms with E-state index in [4.69, 9.17) is 16.3 Å². The molecule has 1 amide bonds. The Hall–Kier alpha value is -2.90. The monoisotopic (exact) mass is 419 g/mol. The number of hydrogen-bond donors (Lipinski definition) is 2. The molecule has 1 aliphatic rings. The number of halogens is 2. The molecular weight excluding hydrogens is 401 g/mol. The second kappa shape index (κ2) is 8.23. The summed E-state index contributed by atoms with van der Waals surface area (Å²) in [5, 5.41) is 20.6. The molecule has 1 aliphatic heterocycles. The van der Waals surface area contributed by atoms with Crippen LogP contribution in [-0.2, 0) is 14.3 Å². The molecule has 2 aromatic rings. The molecule has 2 aromatic carbocycles. The SMILES string of the molecule is COCCN1C(=O)C(=O)/C(=C(\O)c2ccc(F)c(C)c2)C1c1ccc(O)c(Cl)c1. The third-order valence-electron chi connectivity index (χ3n) is 4.80. The van der Waals surface area contributed by atoms with Crippen LogP contribution in [0.5, 0.6) is 5.75 Å². The number of aryl methyl sites for hydroxylation is 1.